The average Bonchev–Trinajstić information content (AvgIpc) is 2.25. The molecule has 3 N–H and O–H groups in total. The van der Waals surface area contributed by atoms with Gasteiger partial charge in [-0.3, -0.25) is 9.59 Å². The predicted molar refractivity (Wildman–Crippen MR) is 63.6 cm³/mol. The van der Waals surface area contributed by atoms with Crippen molar-refractivity contribution in [2.24, 2.45) is 5.73 Å². The monoisotopic (exact) mass is 246 g/mol. The number of hydrogen-bond donors (Lipinski definition) is 2. The Morgan fingerprint density at radius 1 is 1.41 bits per heavy atom. The molecule has 1 amide bonds. The highest BCUT2D eigenvalue weighted by atomic mass is 16.5. The van der Waals surface area contributed by atoms with Crippen LogP contribution >= 0.6 is 0 Å². The molecule has 0 aliphatic carbocycles. The number of carboxylic acids is 1. The van der Waals surface area contributed by atoms with Gasteiger partial charge in [0, 0.05) is 26.2 Å². The third-order valence-corrected chi connectivity index (χ3v) is 2.51. The van der Waals surface area contributed by atoms with Gasteiger partial charge in [0.2, 0.25) is 5.91 Å². The van der Waals surface area contributed by atoms with Gasteiger partial charge >= 0.3 is 5.97 Å². The number of amides is 1. The molecule has 0 aromatic rings. The first kappa shape index (κ1) is 15.9. The van der Waals surface area contributed by atoms with E-state index in [0.29, 0.717) is 0 Å². The average molecular weight is 246 g/mol. The third kappa shape index (κ3) is 6.23. The zero-order chi connectivity index (χ0) is 13.4. The highest BCUT2D eigenvalue weighted by Gasteiger charge is 2.21. The van der Waals surface area contributed by atoms with Gasteiger partial charge in [-0.2, -0.15) is 0 Å². The summed E-state index contributed by atoms with van der Waals surface area (Å²) in [7, 11) is 1.50. The second-order valence-corrected chi connectivity index (χ2v) is 4.12. The van der Waals surface area contributed by atoms with Crippen molar-refractivity contribution < 1.29 is 19.4 Å². The Hall–Kier alpha value is -1.14. The molecule has 0 radical (unpaired) electrons. The molecule has 0 aromatic carbocycles. The van der Waals surface area contributed by atoms with E-state index in [4.69, 9.17) is 15.6 Å². The van der Waals surface area contributed by atoms with Gasteiger partial charge in [0.25, 0.3) is 0 Å². The van der Waals surface area contributed by atoms with Crippen LogP contribution in [0.25, 0.3) is 0 Å². The summed E-state index contributed by atoms with van der Waals surface area (Å²) < 4.78 is 5.04. The Morgan fingerprint density at radius 3 is 2.35 bits per heavy atom. The number of carbonyl (C=O) groups is 2. The van der Waals surface area contributed by atoms with Crippen molar-refractivity contribution in [1.29, 1.82) is 0 Å². The molecule has 0 bridgehead atoms. The van der Waals surface area contributed by atoms with E-state index in [1.165, 1.54) is 12.0 Å². The van der Waals surface area contributed by atoms with Crippen molar-refractivity contribution >= 4 is 11.9 Å². The lowest BCUT2D eigenvalue weighted by Crippen LogP contribution is -2.41. The quantitative estimate of drug-likeness (QED) is 0.632. The van der Waals surface area contributed by atoms with Gasteiger partial charge in [-0.05, 0) is 13.8 Å². The van der Waals surface area contributed by atoms with Crippen LogP contribution in [0.2, 0.25) is 0 Å². The minimum Gasteiger partial charge on any atom is -0.481 e. The van der Waals surface area contributed by atoms with E-state index in [-0.39, 0.29) is 44.0 Å². The zero-order valence-electron chi connectivity index (χ0n) is 10.7. The van der Waals surface area contributed by atoms with Crippen LogP contribution in [-0.4, -0.2) is 54.2 Å². The van der Waals surface area contributed by atoms with Gasteiger partial charge in [0.1, 0.15) is 0 Å². The Bertz CT molecular complexity index is 252. The number of nitrogens with two attached hydrogens (primary N) is 1. The number of methoxy groups -OCH3 is 1. The summed E-state index contributed by atoms with van der Waals surface area (Å²) >= 11 is 0. The minimum absolute atomic E-state index is 0.0304. The smallest absolute Gasteiger partial charge is 0.305 e. The molecule has 6 nitrogen and oxygen atoms in total. The van der Waals surface area contributed by atoms with E-state index >= 15 is 0 Å². The lowest BCUT2D eigenvalue weighted by molar-refractivity contribution is -0.139. The molecular formula is C11H22N2O4. The van der Waals surface area contributed by atoms with E-state index < -0.39 is 5.97 Å². The van der Waals surface area contributed by atoms with Gasteiger partial charge in [0.05, 0.1) is 18.9 Å². The van der Waals surface area contributed by atoms with E-state index in [0.717, 1.165) is 0 Å². The maximum Gasteiger partial charge on any atom is 0.305 e. The molecule has 17 heavy (non-hydrogen) atoms. The first-order valence-corrected chi connectivity index (χ1v) is 5.66. The third-order valence-electron chi connectivity index (χ3n) is 2.51. The summed E-state index contributed by atoms with van der Waals surface area (Å²) in [6, 6.07) is -0.0304. The summed E-state index contributed by atoms with van der Waals surface area (Å²) in [6.07, 6.45) is -0.178. The molecule has 0 rings (SSSR count). The fourth-order valence-corrected chi connectivity index (χ4v) is 1.46. The van der Waals surface area contributed by atoms with Crippen LogP contribution in [0.1, 0.15) is 26.7 Å². The van der Waals surface area contributed by atoms with Crippen molar-refractivity contribution in [2.45, 2.75) is 38.8 Å². The van der Waals surface area contributed by atoms with Crippen molar-refractivity contribution in [3.05, 3.63) is 0 Å². The number of carboxylic acid groups (broad SMARTS) is 1. The number of nitrogens with zero attached hydrogens (tertiary/aromatic N) is 1. The molecule has 100 valence electrons. The molecule has 0 saturated heterocycles. The molecule has 0 aliphatic rings. The van der Waals surface area contributed by atoms with Crippen LogP contribution in [0, 0.1) is 0 Å². The zero-order valence-corrected chi connectivity index (χ0v) is 10.7. The molecule has 0 spiro atoms. The number of carbonyl (C=O) groups excluding carboxylic acids is 1. The minimum atomic E-state index is -0.912. The number of aliphatic carboxylic acids is 1. The number of ether oxygens (including phenoxy) is 1. The number of rotatable bonds is 8. The van der Waals surface area contributed by atoms with Crippen LogP contribution in [0.5, 0.6) is 0 Å². The fraction of sp³-hybridized carbons (Fsp3) is 0.818. The first-order valence-electron chi connectivity index (χ1n) is 5.66. The second kappa shape index (κ2) is 8.03. The Morgan fingerprint density at radius 2 is 2.00 bits per heavy atom. The molecule has 6 heteroatoms. The van der Waals surface area contributed by atoms with E-state index in [1.54, 1.807) is 0 Å². The summed E-state index contributed by atoms with van der Waals surface area (Å²) in [5.74, 6) is -1.04. The van der Waals surface area contributed by atoms with Crippen LogP contribution < -0.4 is 5.73 Å². The van der Waals surface area contributed by atoms with Crippen molar-refractivity contribution in [2.75, 3.05) is 20.2 Å². The lowest BCUT2D eigenvalue weighted by Gasteiger charge is -2.27. The van der Waals surface area contributed by atoms with Gasteiger partial charge in [-0.25, -0.2) is 0 Å². The molecular weight excluding hydrogens is 224 g/mol. The Labute approximate surface area is 102 Å². The fourth-order valence-electron chi connectivity index (χ4n) is 1.46. The SMILES string of the molecule is COC(CN)CC(=O)N(CCC(=O)O)C(C)C. The number of hydrogen-bond acceptors (Lipinski definition) is 4. The van der Waals surface area contributed by atoms with E-state index in [9.17, 15) is 9.59 Å². The van der Waals surface area contributed by atoms with Gasteiger partial charge in [0.15, 0.2) is 0 Å². The molecule has 0 heterocycles. The van der Waals surface area contributed by atoms with Gasteiger partial charge < -0.3 is 20.5 Å². The maximum atomic E-state index is 11.9. The van der Waals surface area contributed by atoms with Gasteiger partial charge in [-0.1, -0.05) is 0 Å². The largest absolute Gasteiger partial charge is 0.481 e. The van der Waals surface area contributed by atoms with Gasteiger partial charge in [-0.15, -0.1) is 0 Å². The van der Waals surface area contributed by atoms with Crippen LogP contribution in [0.15, 0.2) is 0 Å². The summed E-state index contributed by atoms with van der Waals surface area (Å²) in [4.78, 5) is 24.0. The van der Waals surface area contributed by atoms with Crippen LogP contribution in [0.3, 0.4) is 0 Å². The maximum absolute atomic E-state index is 11.9. The lowest BCUT2D eigenvalue weighted by atomic mass is 10.2. The molecule has 1 unspecified atom stereocenters. The van der Waals surface area contributed by atoms with Crippen molar-refractivity contribution in [3.8, 4) is 0 Å². The molecule has 0 saturated carbocycles. The Kier molecular flexibility index (Phi) is 7.49. The summed E-state index contributed by atoms with van der Waals surface area (Å²) in [5.41, 5.74) is 5.44. The molecule has 0 aromatic heterocycles. The van der Waals surface area contributed by atoms with Crippen LogP contribution in [0.4, 0.5) is 0 Å². The predicted octanol–water partition coefficient (Wildman–Crippen LogP) is 0.0619. The van der Waals surface area contributed by atoms with Crippen molar-refractivity contribution in [1.82, 2.24) is 4.90 Å². The summed E-state index contributed by atoms with van der Waals surface area (Å²) in [5, 5.41) is 8.62. The highest BCUT2D eigenvalue weighted by molar-refractivity contribution is 5.77. The Balaban J connectivity index is 4.38. The first-order chi connectivity index (χ1) is 7.92. The standard InChI is InChI=1S/C11H22N2O4/c1-8(2)13(5-4-11(15)16)10(14)6-9(7-12)17-3/h8-9H,4-7,12H2,1-3H3,(H,15,16). The summed E-state index contributed by atoms with van der Waals surface area (Å²) in [6.45, 7) is 4.19. The molecule has 0 fully saturated rings. The van der Waals surface area contributed by atoms with Crippen molar-refractivity contribution in [3.63, 3.8) is 0 Å². The molecule has 1 atom stereocenters. The second-order valence-electron chi connectivity index (χ2n) is 4.12. The normalized spacial score (nSPS) is 12.5. The highest BCUT2D eigenvalue weighted by Crippen LogP contribution is 2.06. The van der Waals surface area contributed by atoms with E-state index in [2.05, 4.69) is 0 Å². The molecule has 0 aliphatic heterocycles. The van der Waals surface area contributed by atoms with E-state index in [1.807, 2.05) is 13.8 Å². The van der Waals surface area contributed by atoms with Crippen LogP contribution in [-0.2, 0) is 14.3 Å². The topological polar surface area (TPSA) is 92.9 Å².